The second kappa shape index (κ2) is 13.1. The molecule has 5 unspecified atom stereocenters. The fourth-order valence-electron chi connectivity index (χ4n) is 6.75. The van der Waals surface area contributed by atoms with E-state index in [0.29, 0.717) is 5.84 Å². The van der Waals surface area contributed by atoms with Crippen molar-refractivity contribution in [2.45, 2.75) is 53.1 Å². The Bertz CT molecular complexity index is 1220. The molecule has 2 aliphatic heterocycles. The second-order valence-electron chi connectivity index (χ2n) is 10.6. The topological polar surface area (TPSA) is 28.8 Å². The van der Waals surface area contributed by atoms with E-state index in [4.69, 9.17) is 0 Å². The molecule has 6 rings (SSSR count). The Morgan fingerprint density at radius 1 is 0.737 bits per heavy atom. The predicted octanol–water partition coefficient (Wildman–Crippen LogP) is 8.50. The number of hydrogen-bond donors (Lipinski definition) is 0. The first-order chi connectivity index (χ1) is 16.3. The summed E-state index contributed by atoms with van der Waals surface area (Å²) in [6.45, 7) is 12.2. The first-order valence-corrected chi connectivity index (χ1v) is 12.6. The Morgan fingerprint density at radius 3 is 1.95 bits per heavy atom. The fourth-order valence-corrected chi connectivity index (χ4v) is 6.75. The van der Waals surface area contributed by atoms with Crippen LogP contribution in [0.2, 0.25) is 0 Å². The molecule has 3 aromatic carbocycles. The molecule has 38 heavy (non-hydrogen) atoms. The van der Waals surface area contributed by atoms with Gasteiger partial charge in [-0.3, -0.25) is 0 Å². The number of likely N-dealkylation sites (N-methyl/N-ethyl adjacent to an activating group) is 1. The van der Waals surface area contributed by atoms with Crippen molar-refractivity contribution in [1.29, 1.82) is 0 Å². The second-order valence-corrected chi connectivity index (χ2v) is 10.6. The van der Waals surface area contributed by atoms with Gasteiger partial charge in [0.2, 0.25) is 0 Å². The van der Waals surface area contributed by atoms with Crippen LogP contribution in [-0.2, 0) is 28.3 Å². The minimum atomic E-state index is 0. The number of anilines is 2. The molecule has 1 saturated carbocycles. The van der Waals surface area contributed by atoms with Crippen LogP contribution < -0.4 is 9.80 Å². The summed E-state index contributed by atoms with van der Waals surface area (Å²) in [6.07, 6.45) is 0. The maximum absolute atomic E-state index is 10.4. The smallest absolute Gasteiger partial charge is 0.464 e. The van der Waals surface area contributed by atoms with Gasteiger partial charge in [0, 0.05) is 24.7 Å². The minimum Gasteiger partial charge on any atom is -0.464 e. The average molecular weight is 544 g/mol. The van der Waals surface area contributed by atoms with Crippen molar-refractivity contribution in [1.82, 2.24) is 0 Å². The van der Waals surface area contributed by atoms with Gasteiger partial charge >= 0.3 is 21.7 Å². The van der Waals surface area contributed by atoms with Crippen LogP contribution in [0, 0.1) is 53.9 Å². The van der Waals surface area contributed by atoms with E-state index in [0.717, 1.165) is 47.5 Å². The number of amidine groups is 1. The Hall–Kier alpha value is -2.36. The van der Waals surface area contributed by atoms with E-state index >= 15 is 0 Å². The zero-order chi connectivity index (χ0) is 24.1. The van der Waals surface area contributed by atoms with Gasteiger partial charge in [0.05, 0.1) is 0 Å². The van der Waals surface area contributed by atoms with Crippen LogP contribution in [0.15, 0.2) is 66.7 Å². The van der Waals surface area contributed by atoms with Crippen LogP contribution in [-0.4, -0.2) is 18.9 Å². The van der Waals surface area contributed by atoms with E-state index in [2.05, 4.69) is 95.1 Å². The summed E-state index contributed by atoms with van der Waals surface area (Å²) in [5, 5.41) is 10.4. The summed E-state index contributed by atoms with van der Waals surface area (Å²) in [6, 6.07) is 23.9. The van der Waals surface area contributed by atoms with Crippen LogP contribution in [0.5, 0.6) is 0 Å². The van der Waals surface area contributed by atoms with E-state index < -0.39 is 0 Å². The monoisotopic (exact) mass is 543 g/mol. The number of nitrogens with zero attached hydrogens (tertiary/aromatic N) is 3. The van der Waals surface area contributed by atoms with E-state index in [9.17, 15) is 5.41 Å². The van der Waals surface area contributed by atoms with Crippen molar-refractivity contribution in [2.75, 3.05) is 16.8 Å². The molecule has 0 spiro atoms. The first kappa shape index (κ1) is 33.7. The number of fused-ring (bicyclic) bond motifs is 4. The van der Waals surface area contributed by atoms with Crippen LogP contribution >= 0.6 is 0 Å². The van der Waals surface area contributed by atoms with Gasteiger partial charge in [-0.15, -0.1) is 0 Å². The van der Waals surface area contributed by atoms with Crippen molar-refractivity contribution in [3.05, 3.63) is 122 Å². The van der Waals surface area contributed by atoms with Gasteiger partial charge in [-0.05, 0) is 77.7 Å². The molecule has 0 radical (unpaired) electrons. The summed E-state index contributed by atoms with van der Waals surface area (Å²) < 4.78 is 0. The van der Waals surface area contributed by atoms with Crippen LogP contribution in [0.4, 0.5) is 11.4 Å². The SMILES string of the molecule is CC1C(C)C2c3ccccc3N(C)C2C1C.Cc1cccc(C)c1N1Cc2ccccc2C1=[N-].[CH3-].[CH3-].[CH3-].[Ti+4]. The minimum absolute atomic E-state index is 0. The molecule has 0 bridgehead atoms. The van der Waals surface area contributed by atoms with E-state index in [1.54, 1.807) is 5.56 Å². The molecular formula is C34H45N3Ti. The third-order valence-corrected chi connectivity index (χ3v) is 8.81. The van der Waals surface area contributed by atoms with E-state index in [1.165, 1.54) is 22.4 Å². The Labute approximate surface area is 248 Å². The maximum atomic E-state index is 10.4. The van der Waals surface area contributed by atoms with Gasteiger partial charge in [-0.1, -0.05) is 87.3 Å². The van der Waals surface area contributed by atoms with E-state index in [-0.39, 0.29) is 44.0 Å². The predicted molar refractivity (Wildman–Crippen MR) is 164 cm³/mol. The van der Waals surface area contributed by atoms with Crippen molar-refractivity contribution < 1.29 is 21.7 Å². The molecule has 0 saturated heterocycles. The van der Waals surface area contributed by atoms with Crippen LogP contribution in [0.25, 0.3) is 5.41 Å². The molecule has 0 N–H and O–H groups in total. The normalized spacial score (nSPS) is 23.8. The Kier molecular flexibility index (Phi) is 11.6. The first-order valence-electron chi connectivity index (χ1n) is 12.6. The molecule has 5 atom stereocenters. The quantitative estimate of drug-likeness (QED) is 0.227. The van der Waals surface area contributed by atoms with Crippen LogP contribution in [0.3, 0.4) is 0 Å². The van der Waals surface area contributed by atoms with Gasteiger partial charge in [0.15, 0.2) is 0 Å². The number of rotatable bonds is 1. The molecule has 4 heteroatoms. The van der Waals surface area contributed by atoms with Gasteiger partial charge < -0.3 is 37.5 Å². The average Bonchev–Trinajstić information content (AvgIpc) is 3.40. The molecule has 0 aromatic heterocycles. The van der Waals surface area contributed by atoms with Crippen molar-refractivity contribution in [3.63, 3.8) is 0 Å². The molecule has 0 amide bonds. The molecule has 200 valence electrons. The van der Waals surface area contributed by atoms with Gasteiger partial charge in [-0.25, -0.2) is 0 Å². The summed E-state index contributed by atoms with van der Waals surface area (Å²) in [4.78, 5) is 4.51. The summed E-state index contributed by atoms with van der Waals surface area (Å²) in [5.41, 5.74) is 8.66. The molecule has 3 nitrogen and oxygen atoms in total. The van der Waals surface area contributed by atoms with Crippen molar-refractivity contribution in [2.24, 2.45) is 17.8 Å². The third-order valence-electron chi connectivity index (χ3n) is 8.81. The molecule has 3 aromatic rings. The molecule has 2 heterocycles. The Morgan fingerprint density at radius 2 is 1.32 bits per heavy atom. The maximum Gasteiger partial charge on any atom is 4.00 e. The number of para-hydroxylation sites is 2. The van der Waals surface area contributed by atoms with Crippen molar-refractivity contribution in [3.8, 4) is 0 Å². The largest absolute Gasteiger partial charge is 4.00 e. The fraction of sp³-hybridized carbons (Fsp3) is 0.353. The standard InChI is InChI=1S/C16H15N2.C15H21N.3CH3.Ti/c1-11-6-5-7-12(2)15(11)18-10-13-8-3-4-9-14(13)16(18)17;1-9-10(2)14-12-7-5-6-8-13(12)16(4)15(14)11(9)3;;;;/h3-9H,10H2,1-2H3;5-11,14-15H,1-4H3;3*1H3;/q-1;;3*-1;+4. The van der Waals surface area contributed by atoms with Gasteiger partial charge in [0.1, 0.15) is 0 Å². The zero-order valence-electron chi connectivity index (χ0n) is 24.8. The molecule has 3 aliphatic rings. The molecule has 1 fully saturated rings. The van der Waals surface area contributed by atoms with Crippen molar-refractivity contribution >= 4 is 17.2 Å². The summed E-state index contributed by atoms with van der Waals surface area (Å²) >= 11 is 0. The number of benzene rings is 3. The van der Waals surface area contributed by atoms with E-state index in [1.807, 2.05) is 23.1 Å². The zero-order valence-corrected chi connectivity index (χ0v) is 26.3. The summed E-state index contributed by atoms with van der Waals surface area (Å²) in [7, 11) is 2.27. The molecule has 1 aliphatic carbocycles. The number of aryl methyl sites for hydroxylation is 2. The number of hydrogen-bond acceptors (Lipinski definition) is 1. The molecular weight excluding hydrogens is 498 g/mol. The van der Waals surface area contributed by atoms with Gasteiger partial charge in [-0.2, -0.15) is 0 Å². The Balaban J connectivity index is 0.000000345. The van der Waals surface area contributed by atoms with Crippen LogP contribution in [0.1, 0.15) is 54.5 Å². The van der Waals surface area contributed by atoms with Gasteiger partial charge in [0.25, 0.3) is 0 Å². The summed E-state index contributed by atoms with van der Waals surface area (Å²) in [5.74, 6) is 3.57. The third kappa shape index (κ3) is 5.38.